The number of anilines is 1. The van der Waals surface area contributed by atoms with Crippen LogP contribution in [-0.4, -0.2) is 56.5 Å². The van der Waals surface area contributed by atoms with Crippen molar-refractivity contribution in [1.29, 1.82) is 0 Å². The first-order valence-electron chi connectivity index (χ1n) is 9.65. The smallest absolute Gasteiger partial charge is 0.253 e. The van der Waals surface area contributed by atoms with Gasteiger partial charge in [0.1, 0.15) is 0 Å². The molecule has 3 N–H and O–H groups in total. The van der Waals surface area contributed by atoms with Crippen LogP contribution in [0.25, 0.3) is 0 Å². The van der Waals surface area contributed by atoms with Gasteiger partial charge in [0, 0.05) is 51.0 Å². The van der Waals surface area contributed by atoms with Crippen molar-refractivity contribution >= 4 is 42.3 Å². The number of rotatable bonds is 8. The van der Waals surface area contributed by atoms with Gasteiger partial charge >= 0.3 is 0 Å². The SMILES string of the molecule is CCCCN(C)c1ccc(C(=O)N2CCCC(C(=O)NCCN)C2)cc1.Cl.Cl. The van der Waals surface area contributed by atoms with E-state index in [9.17, 15) is 9.59 Å². The Hall–Kier alpha value is -1.50. The third-order valence-electron chi connectivity index (χ3n) is 4.93. The van der Waals surface area contributed by atoms with Crippen molar-refractivity contribution in [3.63, 3.8) is 0 Å². The quantitative estimate of drug-likeness (QED) is 0.661. The Morgan fingerprint density at radius 1 is 1.25 bits per heavy atom. The van der Waals surface area contributed by atoms with Crippen LogP contribution in [0.4, 0.5) is 5.69 Å². The lowest BCUT2D eigenvalue weighted by Gasteiger charge is -2.32. The van der Waals surface area contributed by atoms with Gasteiger partial charge in [0.25, 0.3) is 5.91 Å². The van der Waals surface area contributed by atoms with Crippen molar-refractivity contribution in [2.75, 3.05) is 44.7 Å². The lowest BCUT2D eigenvalue weighted by Crippen LogP contribution is -2.46. The highest BCUT2D eigenvalue weighted by Gasteiger charge is 2.28. The molecule has 1 aromatic carbocycles. The van der Waals surface area contributed by atoms with Crippen LogP contribution in [0.2, 0.25) is 0 Å². The van der Waals surface area contributed by atoms with E-state index in [0.717, 1.165) is 37.9 Å². The van der Waals surface area contributed by atoms with Gasteiger partial charge in [0.2, 0.25) is 5.91 Å². The Bertz CT molecular complexity index is 598. The van der Waals surface area contributed by atoms with E-state index >= 15 is 0 Å². The van der Waals surface area contributed by atoms with Crippen molar-refractivity contribution in [1.82, 2.24) is 10.2 Å². The number of hydrogen-bond donors (Lipinski definition) is 2. The number of amides is 2. The van der Waals surface area contributed by atoms with Gasteiger partial charge in [-0.15, -0.1) is 24.8 Å². The number of piperidine rings is 1. The molecule has 1 atom stereocenters. The summed E-state index contributed by atoms with van der Waals surface area (Å²) in [7, 11) is 2.07. The van der Waals surface area contributed by atoms with Crippen LogP contribution >= 0.6 is 24.8 Å². The van der Waals surface area contributed by atoms with Crippen LogP contribution in [0.1, 0.15) is 43.0 Å². The Morgan fingerprint density at radius 2 is 1.93 bits per heavy atom. The number of nitrogens with one attached hydrogen (secondary N) is 1. The first-order chi connectivity index (χ1) is 12.6. The van der Waals surface area contributed by atoms with Crippen LogP contribution in [0.5, 0.6) is 0 Å². The minimum atomic E-state index is -0.140. The van der Waals surface area contributed by atoms with Gasteiger partial charge in [-0.2, -0.15) is 0 Å². The van der Waals surface area contributed by atoms with Gasteiger partial charge in [-0.05, 0) is 43.5 Å². The summed E-state index contributed by atoms with van der Waals surface area (Å²) in [5.41, 5.74) is 7.23. The number of halogens is 2. The molecular formula is C20H34Cl2N4O2. The minimum Gasteiger partial charge on any atom is -0.375 e. The zero-order chi connectivity index (χ0) is 18.9. The van der Waals surface area contributed by atoms with Crippen LogP contribution in [0.3, 0.4) is 0 Å². The predicted molar refractivity (Wildman–Crippen MR) is 120 cm³/mol. The number of carbonyl (C=O) groups excluding carboxylic acids is 2. The van der Waals surface area contributed by atoms with Gasteiger partial charge in [0.05, 0.1) is 5.92 Å². The highest BCUT2D eigenvalue weighted by atomic mass is 35.5. The number of unbranched alkanes of at least 4 members (excludes halogenated alkanes) is 1. The summed E-state index contributed by atoms with van der Waals surface area (Å²) >= 11 is 0. The Morgan fingerprint density at radius 3 is 2.54 bits per heavy atom. The third kappa shape index (κ3) is 7.49. The van der Waals surface area contributed by atoms with Gasteiger partial charge in [-0.3, -0.25) is 9.59 Å². The summed E-state index contributed by atoms with van der Waals surface area (Å²) in [6.45, 7) is 5.29. The molecule has 0 aliphatic carbocycles. The zero-order valence-electron chi connectivity index (χ0n) is 16.9. The van der Waals surface area contributed by atoms with Gasteiger partial charge < -0.3 is 20.9 Å². The molecule has 160 valence electrons. The molecule has 1 unspecified atom stereocenters. The first-order valence-corrected chi connectivity index (χ1v) is 9.65. The fourth-order valence-corrected chi connectivity index (χ4v) is 3.28. The molecule has 1 heterocycles. The molecule has 0 bridgehead atoms. The van der Waals surface area contributed by atoms with Crippen molar-refractivity contribution in [3.8, 4) is 0 Å². The summed E-state index contributed by atoms with van der Waals surface area (Å²) in [5.74, 6) is -0.136. The number of carbonyl (C=O) groups is 2. The van der Waals surface area contributed by atoms with E-state index in [1.54, 1.807) is 4.90 Å². The number of nitrogens with zero attached hydrogens (tertiary/aromatic N) is 2. The molecule has 2 amide bonds. The standard InChI is InChI=1S/C20H32N4O2.2ClH/c1-3-4-13-23(2)18-9-7-16(8-10-18)20(26)24-14-5-6-17(15-24)19(25)22-12-11-21;;/h7-10,17H,3-6,11-15,21H2,1-2H3,(H,22,25);2*1H. The average molecular weight is 433 g/mol. The fourth-order valence-electron chi connectivity index (χ4n) is 3.28. The molecule has 28 heavy (non-hydrogen) atoms. The molecule has 1 saturated heterocycles. The summed E-state index contributed by atoms with van der Waals surface area (Å²) in [6.07, 6.45) is 3.99. The van der Waals surface area contributed by atoms with E-state index in [1.807, 2.05) is 24.3 Å². The topological polar surface area (TPSA) is 78.7 Å². The van der Waals surface area contributed by atoms with E-state index in [-0.39, 0.29) is 42.5 Å². The van der Waals surface area contributed by atoms with E-state index < -0.39 is 0 Å². The molecule has 1 aromatic rings. The first kappa shape index (κ1) is 26.5. The molecule has 1 aliphatic heterocycles. The molecule has 8 heteroatoms. The summed E-state index contributed by atoms with van der Waals surface area (Å²) in [4.78, 5) is 29.0. The average Bonchev–Trinajstić information content (AvgIpc) is 2.69. The molecule has 1 fully saturated rings. The van der Waals surface area contributed by atoms with E-state index in [4.69, 9.17) is 5.73 Å². The summed E-state index contributed by atoms with van der Waals surface area (Å²) in [5, 5.41) is 2.83. The number of hydrogen-bond acceptors (Lipinski definition) is 4. The highest BCUT2D eigenvalue weighted by molar-refractivity contribution is 5.95. The van der Waals surface area contributed by atoms with E-state index in [1.165, 1.54) is 0 Å². The minimum absolute atomic E-state index is 0. The van der Waals surface area contributed by atoms with E-state index in [2.05, 4.69) is 24.2 Å². The van der Waals surface area contributed by atoms with Crippen LogP contribution < -0.4 is 16.0 Å². The lowest BCUT2D eigenvalue weighted by molar-refractivity contribution is -0.126. The molecule has 0 spiro atoms. The molecule has 0 saturated carbocycles. The van der Waals surface area contributed by atoms with Crippen molar-refractivity contribution in [3.05, 3.63) is 29.8 Å². The second-order valence-corrected chi connectivity index (χ2v) is 6.99. The molecule has 0 aromatic heterocycles. The van der Waals surface area contributed by atoms with Gasteiger partial charge in [-0.1, -0.05) is 13.3 Å². The highest BCUT2D eigenvalue weighted by Crippen LogP contribution is 2.20. The molecule has 1 aliphatic rings. The third-order valence-corrected chi connectivity index (χ3v) is 4.93. The monoisotopic (exact) mass is 432 g/mol. The van der Waals surface area contributed by atoms with Crippen LogP contribution in [-0.2, 0) is 4.79 Å². The Labute approximate surface area is 181 Å². The summed E-state index contributed by atoms with van der Waals surface area (Å²) in [6, 6.07) is 7.77. The van der Waals surface area contributed by atoms with Gasteiger partial charge in [0.15, 0.2) is 0 Å². The molecule has 0 radical (unpaired) electrons. The molecule has 6 nitrogen and oxygen atoms in total. The summed E-state index contributed by atoms with van der Waals surface area (Å²) < 4.78 is 0. The maximum atomic E-state index is 12.8. The second-order valence-electron chi connectivity index (χ2n) is 6.99. The van der Waals surface area contributed by atoms with Crippen LogP contribution in [0, 0.1) is 5.92 Å². The van der Waals surface area contributed by atoms with Crippen molar-refractivity contribution in [2.24, 2.45) is 11.7 Å². The van der Waals surface area contributed by atoms with Gasteiger partial charge in [-0.25, -0.2) is 0 Å². The lowest BCUT2D eigenvalue weighted by atomic mass is 9.96. The zero-order valence-corrected chi connectivity index (χ0v) is 18.5. The van der Waals surface area contributed by atoms with Crippen LogP contribution in [0.15, 0.2) is 24.3 Å². The largest absolute Gasteiger partial charge is 0.375 e. The number of likely N-dealkylation sites (tertiary alicyclic amines) is 1. The fraction of sp³-hybridized carbons (Fsp3) is 0.600. The molecular weight excluding hydrogens is 399 g/mol. The second kappa shape index (κ2) is 13.6. The normalized spacial score (nSPS) is 15.8. The molecule has 2 rings (SSSR count). The maximum Gasteiger partial charge on any atom is 0.253 e. The van der Waals surface area contributed by atoms with Crippen molar-refractivity contribution in [2.45, 2.75) is 32.6 Å². The Kier molecular flexibility index (Phi) is 12.9. The number of nitrogens with two attached hydrogens (primary N) is 1. The van der Waals surface area contributed by atoms with E-state index in [0.29, 0.717) is 31.7 Å². The Balaban J connectivity index is 0.00000364. The number of benzene rings is 1. The maximum absolute atomic E-state index is 12.8. The predicted octanol–water partition coefficient (Wildman–Crippen LogP) is 2.69. The van der Waals surface area contributed by atoms with Crippen molar-refractivity contribution < 1.29 is 9.59 Å².